The molecule has 2 aromatic heterocycles. The third-order valence-electron chi connectivity index (χ3n) is 8.65. The van der Waals surface area contributed by atoms with Crippen LogP contribution in [0.25, 0.3) is 0 Å². The lowest BCUT2D eigenvalue weighted by Gasteiger charge is -2.48. The summed E-state index contributed by atoms with van der Waals surface area (Å²) in [5.41, 5.74) is 5.29. The van der Waals surface area contributed by atoms with E-state index in [9.17, 15) is 14.9 Å². The quantitative estimate of drug-likeness (QED) is 0.337. The van der Waals surface area contributed by atoms with Crippen molar-refractivity contribution >= 4 is 17.7 Å². The highest BCUT2D eigenvalue weighted by Gasteiger charge is 2.55. The third-order valence-corrected chi connectivity index (χ3v) is 8.65. The molecule has 0 bridgehead atoms. The predicted molar refractivity (Wildman–Crippen MR) is 162 cm³/mol. The Kier molecular flexibility index (Phi) is 8.43. The highest BCUT2D eigenvalue weighted by molar-refractivity contribution is 5.82. The van der Waals surface area contributed by atoms with Crippen molar-refractivity contribution in [1.29, 1.82) is 5.26 Å². The second-order valence-corrected chi connectivity index (χ2v) is 13.0. The van der Waals surface area contributed by atoms with Gasteiger partial charge in [0.1, 0.15) is 11.8 Å². The summed E-state index contributed by atoms with van der Waals surface area (Å²) >= 11 is 0. The molecule has 3 N–H and O–H groups in total. The standard InChI is InChI=1S/C30H40N12O3/c1-29(2,3)45-28(44)39-14-6-30(5-8-31,7-15-39)42-24-4-9-32-27(43)25(24)26(38-42)37-23-17-21(19-40-33-10-11-34-40)16-22(18-23)20-41-35-12-13-36-41/h10-13,16-18,24-26,37-38H,4-7,9,14-15,19-20H2,1-3H3,(H,32,43). The van der Waals surface area contributed by atoms with Gasteiger partial charge < -0.3 is 20.3 Å². The second kappa shape index (κ2) is 12.4. The number of likely N-dealkylation sites (tertiary alicyclic amines) is 1. The number of nitrogens with zero attached hydrogens (tertiary/aromatic N) is 9. The number of rotatable bonds is 8. The first-order valence-corrected chi connectivity index (χ1v) is 15.4. The van der Waals surface area contributed by atoms with Crippen LogP contribution in [0.4, 0.5) is 10.5 Å². The smallest absolute Gasteiger partial charge is 0.410 e. The molecule has 0 spiro atoms. The molecule has 3 aliphatic rings. The molecule has 6 rings (SSSR count). The van der Waals surface area contributed by atoms with Gasteiger partial charge in [0.05, 0.1) is 61.8 Å². The van der Waals surface area contributed by atoms with Gasteiger partial charge in [-0.3, -0.25) is 4.79 Å². The number of benzene rings is 1. The Morgan fingerprint density at radius 3 is 2.20 bits per heavy atom. The highest BCUT2D eigenvalue weighted by Crippen LogP contribution is 2.40. The van der Waals surface area contributed by atoms with Crippen LogP contribution in [0.1, 0.15) is 57.6 Å². The fourth-order valence-electron chi connectivity index (χ4n) is 6.68. The lowest BCUT2D eigenvalue weighted by molar-refractivity contribution is -0.128. The van der Waals surface area contributed by atoms with Gasteiger partial charge in [-0.2, -0.15) is 35.2 Å². The molecule has 3 aromatic rings. The van der Waals surface area contributed by atoms with Gasteiger partial charge in [-0.1, -0.05) is 6.07 Å². The molecule has 1 aromatic carbocycles. The zero-order valence-corrected chi connectivity index (χ0v) is 25.9. The number of ether oxygens (including phenoxy) is 1. The second-order valence-electron chi connectivity index (χ2n) is 13.0. The summed E-state index contributed by atoms with van der Waals surface area (Å²) in [4.78, 5) is 31.2. The molecule has 5 heterocycles. The van der Waals surface area contributed by atoms with Gasteiger partial charge >= 0.3 is 6.09 Å². The van der Waals surface area contributed by atoms with Crippen molar-refractivity contribution in [3.63, 3.8) is 0 Å². The van der Waals surface area contributed by atoms with E-state index < -0.39 is 23.2 Å². The first-order chi connectivity index (χ1) is 21.6. The summed E-state index contributed by atoms with van der Waals surface area (Å²) in [7, 11) is 0. The molecular weight excluding hydrogens is 576 g/mol. The maximum absolute atomic E-state index is 13.4. The van der Waals surface area contributed by atoms with Crippen molar-refractivity contribution in [2.75, 3.05) is 25.0 Å². The van der Waals surface area contributed by atoms with E-state index in [-0.39, 0.29) is 24.5 Å². The van der Waals surface area contributed by atoms with Gasteiger partial charge in [-0.05, 0) is 63.3 Å². The Labute approximate surface area is 261 Å². The SMILES string of the molecule is CC(C)(C)OC(=O)N1CCC(CC#N)(N2NC(Nc3cc(Cn4nccn4)cc(Cn4nccn4)c3)C3C(=O)NCCC32)CC1. The molecule has 3 saturated heterocycles. The normalized spacial score (nSPS) is 23.2. The molecular formula is C30H40N12O3. The zero-order chi connectivity index (χ0) is 31.6. The van der Waals surface area contributed by atoms with Gasteiger partial charge in [0.15, 0.2) is 0 Å². The topological polar surface area (TPSA) is 171 Å². The minimum absolute atomic E-state index is 0.0325. The summed E-state index contributed by atoms with van der Waals surface area (Å²) in [6, 6.07) is 8.42. The van der Waals surface area contributed by atoms with Crippen molar-refractivity contribution in [2.45, 2.75) is 82.9 Å². The number of nitriles is 1. The van der Waals surface area contributed by atoms with Gasteiger partial charge in [-0.15, -0.1) is 0 Å². The summed E-state index contributed by atoms with van der Waals surface area (Å²) in [5.74, 6) is -0.430. The molecule has 15 heteroatoms. The van der Waals surface area contributed by atoms with Crippen molar-refractivity contribution < 1.29 is 14.3 Å². The first kappa shape index (κ1) is 30.5. The lowest BCUT2D eigenvalue weighted by atomic mass is 9.81. The predicted octanol–water partition coefficient (Wildman–Crippen LogP) is 1.71. The van der Waals surface area contributed by atoms with Gasteiger partial charge in [0.2, 0.25) is 5.91 Å². The van der Waals surface area contributed by atoms with E-state index in [2.05, 4.69) is 53.6 Å². The van der Waals surface area contributed by atoms with Crippen LogP contribution >= 0.6 is 0 Å². The number of nitrogens with one attached hydrogen (secondary N) is 3. The van der Waals surface area contributed by atoms with Crippen LogP contribution in [0.15, 0.2) is 43.0 Å². The minimum Gasteiger partial charge on any atom is -0.444 e. The van der Waals surface area contributed by atoms with E-state index >= 15 is 0 Å². The van der Waals surface area contributed by atoms with Crippen LogP contribution in [-0.4, -0.2) is 94.9 Å². The summed E-state index contributed by atoms with van der Waals surface area (Å²) in [5, 5.41) is 35.8. The van der Waals surface area contributed by atoms with Crippen LogP contribution < -0.4 is 16.1 Å². The number of carbonyl (C=O) groups is 2. The number of fused-ring (bicyclic) bond motifs is 1. The van der Waals surface area contributed by atoms with Crippen LogP contribution in [-0.2, 0) is 22.6 Å². The highest BCUT2D eigenvalue weighted by atomic mass is 16.6. The molecule has 3 atom stereocenters. The molecule has 0 aliphatic carbocycles. The van der Waals surface area contributed by atoms with Gasteiger partial charge in [0.25, 0.3) is 0 Å². The summed E-state index contributed by atoms with van der Waals surface area (Å²) in [6.45, 7) is 7.99. The van der Waals surface area contributed by atoms with E-state index in [0.717, 1.165) is 23.2 Å². The van der Waals surface area contributed by atoms with Crippen LogP contribution in [0, 0.1) is 17.2 Å². The van der Waals surface area contributed by atoms with E-state index in [1.54, 1.807) is 39.3 Å². The Bertz CT molecular complexity index is 1470. The first-order valence-electron chi connectivity index (χ1n) is 15.4. The number of carbonyl (C=O) groups excluding carboxylic acids is 2. The number of hydrazine groups is 1. The van der Waals surface area contributed by atoms with Crippen molar-refractivity contribution in [1.82, 2.24) is 50.6 Å². The average molecular weight is 617 g/mol. The fourth-order valence-corrected chi connectivity index (χ4v) is 6.68. The lowest BCUT2D eigenvalue weighted by Crippen LogP contribution is -2.62. The summed E-state index contributed by atoms with van der Waals surface area (Å²) in [6.07, 6.45) is 7.98. The molecule has 45 heavy (non-hydrogen) atoms. The molecule has 3 aliphatic heterocycles. The molecule has 0 radical (unpaired) electrons. The van der Waals surface area contributed by atoms with E-state index in [0.29, 0.717) is 45.6 Å². The molecule has 2 amide bonds. The zero-order valence-electron chi connectivity index (χ0n) is 25.9. The number of amides is 2. The number of hydrogen-bond donors (Lipinski definition) is 3. The minimum atomic E-state index is -0.586. The molecule has 3 unspecified atom stereocenters. The molecule has 0 saturated carbocycles. The monoisotopic (exact) mass is 616 g/mol. The van der Waals surface area contributed by atoms with Crippen molar-refractivity contribution in [3.05, 3.63) is 54.1 Å². The van der Waals surface area contributed by atoms with Gasteiger partial charge in [0, 0.05) is 31.4 Å². The van der Waals surface area contributed by atoms with Crippen LogP contribution in [0.5, 0.6) is 0 Å². The largest absolute Gasteiger partial charge is 0.444 e. The van der Waals surface area contributed by atoms with Crippen LogP contribution in [0.2, 0.25) is 0 Å². The Hall–Kier alpha value is -4.55. The average Bonchev–Trinajstić information content (AvgIpc) is 3.76. The Morgan fingerprint density at radius 2 is 1.64 bits per heavy atom. The van der Waals surface area contributed by atoms with Crippen LogP contribution in [0.3, 0.4) is 0 Å². The number of aromatic nitrogens is 6. The summed E-state index contributed by atoms with van der Waals surface area (Å²) < 4.78 is 5.61. The number of hydrogen-bond acceptors (Lipinski definition) is 11. The Balaban J connectivity index is 1.25. The fraction of sp³-hybridized carbons (Fsp3) is 0.567. The van der Waals surface area contributed by atoms with E-state index in [4.69, 9.17) is 4.74 Å². The van der Waals surface area contributed by atoms with E-state index in [1.165, 1.54) is 0 Å². The van der Waals surface area contributed by atoms with Gasteiger partial charge in [-0.25, -0.2) is 15.2 Å². The Morgan fingerprint density at radius 1 is 1.04 bits per heavy atom. The molecule has 15 nitrogen and oxygen atoms in total. The van der Waals surface area contributed by atoms with E-state index in [1.807, 2.05) is 32.9 Å². The molecule has 3 fully saturated rings. The van der Waals surface area contributed by atoms with Crippen molar-refractivity contribution in [2.24, 2.45) is 5.92 Å². The maximum Gasteiger partial charge on any atom is 0.410 e. The number of piperidine rings is 2. The third kappa shape index (κ3) is 6.76. The number of anilines is 1. The van der Waals surface area contributed by atoms with Crippen molar-refractivity contribution in [3.8, 4) is 6.07 Å². The maximum atomic E-state index is 13.4. The molecule has 238 valence electrons.